The van der Waals surface area contributed by atoms with Crippen LogP contribution < -0.4 is 0 Å². The highest BCUT2D eigenvalue weighted by Crippen LogP contribution is 2.46. The summed E-state index contributed by atoms with van der Waals surface area (Å²) >= 11 is 0. The molecule has 2 heteroatoms. The van der Waals surface area contributed by atoms with Gasteiger partial charge in [0.05, 0.1) is 13.2 Å². The van der Waals surface area contributed by atoms with Crippen LogP contribution in [0.5, 0.6) is 0 Å². The average Bonchev–Trinajstić information content (AvgIpc) is 2.36. The molecule has 2 nitrogen and oxygen atoms in total. The Hall–Kier alpha value is -0.340. The van der Waals surface area contributed by atoms with E-state index in [-0.39, 0.29) is 17.1 Å². The summed E-state index contributed by atoms with van der Waals surface area (Å²) in [6.07, 6.45) is 5.81. The summed E-state index contributed by atoms with van der Waals surface area (Å²) in [5, 5.41) is 0. The minimum absolute atomic E-state index is 0.0364. The van der Waals surface area contributed by atoms with Crippen molar-refractivity contribution < 1.29 is 9.47 Å². The summed E-state index contributed by atoms with van der Waals surface area (Å²) in [5.41, 5.74) is 1.79. The Morgan fingerprint density at radius 3 is 2.40 bits per heavy atom. The summed E-state index contributed by atoms with van der Waals surface area (Å²) in [5.74, 6) is 1.27. The largest absolute Gasteiger partial charge is 0.351 e. The SMILES string of the molecule is CCC(C)C1(C)COC(C2(C)CC(C)=CC(C)C2)OC1. The van der Waals surface area contributed by atoms with E-state index in [9.17, 15) is 0 Å². The molecule has 1 heterocycles. The summed E-state index contributed by atoms with van der Waals surface area (Å²) in [6.45, 7) is 15.4. The van der Waals surface area contributed by atoms with Gasteiger partial charge >= 0.3 is 0 Å². The Balaban J connectivity index is 2.02. The minimum atomic E-state index is -0.0364. The summed E-state index contributed by atoms with van der Waals surface area (Å²) in [6, 6.07) is 0. The highest BCUT2D eigenvalue weighted by molar-refractivity contribution is 5.10. The van der Waals surface area contributed by atoms with Gasteiger partial charge in [-0.15, -0.1) is 0 Å². The van der Waals surface area contributed by atoms with Crippen molar-refractivity contribution in [1.82, 2.24) is 0 Å². The topological polar surface area (TPSA) is 18.5 Å². The Labute approximate surface area is 124 Å². The van der Waals surface area contributed by atoms with Gasteiger partial charge in [-0.1, -0.05) is 52.7 Å². The molecule has 0 bridgehead atoms. The first-order chi connectivity index (χ1) is 9.29. The van der Waals surface area contributed by atoms with Crippen LogP contribution in [0.2, 0.25) is 0 Å². The minimum Gasteiger partial charge on any atom is -0.351 e. The third kappa shape index (κ3) is 3.12. The Morgan fingerprint density at radius 2 is 1.90 bits per heavy atom. The second-order valence-corrected chi connectivity index (χ2v) is 7.94. The first-order valence-corrected chi connectivity index (χ1v) is 8.19. The zero-order valence-electron chi connectivity index (χ0n) is 14.2. The van der Waals surface area contributed by atoms with E-state index >= 15 is 0 Å². The van der Waals surface area contributed by atoms with Crippen LogP contribution in [0.25, 0.3) is 0 Å². The quantitative estimate of drug-likeness (QED) is 0.692. The van der Waals surface area contributed by atoms with Gasteiger partial charge in [0.2, 0.25) is 0 Å². The van der Waals surface area contributed by atoms with Crippen molar-refractivity contribution >= 4 is 0 Å². The van der Waals surface area contributed by atoms with E-state index in [1.807, 2.05) is 0 Å². The summed E-state index contributed by atoms with van der Waals surface area (Å²) < 4.78 is 12.4. The van der Waals surface area contributed by atoms with Crippen molar-refractivity contribution in [2.75, 3.05) is 13.2 Å². The van der Waals surface area contributed by atoms with E-state index in [4.69, 9.17) is 9.47 Å². The number of ether oxygens (including phenoxy) is 2. The molecule has 0 N–H and O–H groups in total. The maximum absolute atomic E-state index is 6.21. The molecule has 116 valence electrons. The molecule has 2 rings (SSSR count). The van der Waals surface area contributed by atoms with Crippen LogP contribution in [-0.4, -0.2) is 19.5 Å². The molecular weight excluding hydrogens is 248 g/mol. The van der Waals surface area contributed by atoms with Crippen LogP contribution in [0.1, 0.15) is 60.8 Å². The van der Waals surface area contributed by atoms with E-state index in [2.05, 4.69) is 47.6 Å². The van der Waals surface area contributed by atoms with Gasteiger partial charge in [0.1, 0.15) is 0 Å². The van der Waals surface area contributed by atoms with Crippen LogP contribution in [0.3, 0.4) is 0 Å². The van der Waals surface area contributed by atoms with Crippen molar-refractivity contribution in [3.05, 3.63) is 11.6 Å². The molecular formula is C18H32O2. The van der Waals surface area contributed by atoms with Crippen molar-refractivity contribution in [3.63, 3.8) is 0 Å². The molecule has 0 radical (unpaired) electrons. The van der Waals surface area contributed by atoms with Gasteiger partial charge in [-0.2, -0.15) is 0 Å². The first-order valence-electron chi connectivity index (χ1n) is 8.19. The smallest absolute Gasteiger partial charge is 0.163 e. The van der Waals surface area contributed by atoms with Crippen LogP contribution >= 0.6 is 0 Å². The van der Waals surface area contributed by atoms with Crippen LogP contribution in [0, 0.1) is 22.7 Å². The molecule has 0 spiro atoms. The van der Waals surface area contributed by atoms with E-state index in [1.165, 1.54) is 12.0 Å². The molecule has 3 atom stereocenters. The average molecular weight is 280 g/mol. The fourth-order valence-corrected chi connectivity index (χ4v) is 4.03. The zero-order valence-corrected chi connectivity index (χ0v) is 14.2. The molecule has 0 amide bonds. The molecule has 0 aromatic heterocycles. The predicted molar refractivity (Wildman–Crippen MR) is 83.5 cm³/mol. The van der Waals surface area contributed by atoms with Crippen molar-refractivity contribution in [3.8, 4) is 0 Å². The van der Waals surface area contributed by atoms with Crippen LogP contribution in [-0.2, 0) is 9.47 Å². The molecule has 1 fully saturated rings. The van der Waals surface area contributed by atoms with Crippen molar-refractivity contribution in [1.29, 1.82) is 0 Å². The molecule has 1 saturated heterocycles. The number of hydrogen-bond donors (Lipinski definition) is 0. The fourth-order valence-electron chi connectivity index (χ4n) is 4.03. The summed E-state index contributed by atoms with van der Waals surface area (Å²) in [7, 11) is 0. The Bertz CT molecular complexity index is 366. The lowest BCUT2D eigenvalue weighted by Crippen LogP contribution is -2.50. The second kappa shape index (κ2) is 5.81. The lowest BCUT2D eigenvalue weighted by Gasteiger charge is -2.48. The molecule has 0 aromatic carbocycles. The van der Waals surface area contributed by atoms with E-state index < -0.39 is 0 Å². The fraction of sp³-hybridized carbons (Fsp3) is 0.889. The second-order valence-electron chi connectivity index (χ2n) is 7.94. The molecule has 0 saturated carbocycles. The molecule has 20 heavy (non-hydrogen) atoms. The monoisotopic (exact) mass is 280 g/mol. The lowest BCUT2D eigenvalue weighted by molar-refractivity contribution is -0.279. The molecule has 0 aromatic rings. The predicted octanol–water partition coefficient (Wildman–Crippen LogP) is 4.79. The lowest BCUT2D eigenvalue weighted by atomic mass is 9.71. The van der Waals surface area contributed by atoms with Gasteiger partial charge in [-0.25, -0.2) is 0 Å². The highest BCUT2D eigenvalue weighted by atomic mass is 16.7. The third-order valence-electron chi connectivity index (χ3n) is 5.54. The number of rotatable bonds is 3. The Kier molecular flexibility index (Phi) is 4.66. The molecule has 3 unspecified atom stereocenters. The van der Waals surface area contributed by atoms with Crippen molar-refractivity contribution in [2.24, 2.45) is 22.7 Å². The maximum atomic E-state index is 6.21. The van der Waals surface area contributed by atoms with E-state index in [1.54, 1.807) is 0 Å². The molecule has 1 aliphatic heterocycles. The van der Waals surface area contributed by atoms with E-state index in [0.29, 0.717) is 11.8 Å². The molecule has 1 aliphatic carbocycles. The highest BCUT2D eigenvalue weighted by Gasteiger charge is 2.45. The van der Waals surface area contributed by atoms with Gasteiger partial charge in [0, 0.05) is 10.8 Å². The zero-order chi connectivity index (χ0) is 15.0. The molecule has 2 aliphatic rings. The van der Waals surface area contributed by atoms with Gasteiger partial charge in [0.25, 0.3) is 0 Å². The Morgan fingerprint density at radius 1 is 1.30 bits per heavy atom. The van der Waals surface area contributed by atoms with Gasteiger partial charge in [0.15, 0.2) is 6.29 Å². The third-order valence-corrected chi connectivity index (χ3v) is 5.54. The maximum Gasteiger partial charge on any atom is 0.163 e. The normalized spacial score (nSPS) is 44.0. The van der Waals surface area contributed by atoms with E-state index in [0.717, 1.165) is 26.1 Å². The van der Waals surface area contributed by atoms with Gasteiger partial charge in [-0.05, 0) is 31.6 Å². The number of allylic oxidation sites excluding steroid dienone is 2. The first kappa shape index (κ1) is 16.0. The van der Waals surface area contributed by atoms with Crippen LogP contribution in [0.15, 0.2) is 11.6 Å². The standard InChI is InChI=1S/C18H32O2/c1-7-15(4)18(6)11-19-16(20-12-18)17(5)9-13(2)8-14(3)10-17/h8,13,15-16H,7,9-12H2,1-6H3. The number of hydrogen-bond acceptors (Lipinski definition) is 2. The summed E-state index contributed by atoms with van der Waals surface area (Å²) in [4.78, 5) is 0. The van der Waals surface area contributed by atoms with Gasteiger partial charge in [-0.3, -0.25) is 0 Å². The van der Waals surface area contributed by atoms with Crippen molar-refractivity contribution in [2.45, 2.75) is 67.1 Å². The van der Waals surface area contributed by atoms with Crippen LogP contribution in [0.4, 0.5) is 0 Å². The van der Waals surface area contributed by atoms with Gasteiger partial charge < -0.3 is 9.47 Å².